The highest BCUT2D eigenvalue weighted by atomic mass is 19.1. The topological polar surface area (TPSA) is 86.7 Å². The maximum atomic E-state index is 13.8. The van der Waals surface area contributed by atoms with Gasteiger partial charge in [-0.1, -0.05) is 0 Å². The summed E-state index contributed by atoms with van der Waals surface area (Å²) in [4.78, 5) is 36.0. The average molecular weight is 354 g/mol. The van der Waals surface area contributed by atoms with E-state index in [1.807, 2.05) is 0 Å². The summed E-state index contributed by atoms with van der Waals surface area (Å²) in [5.41, 5.74) is 0.128. The normalized spacial score (nSPS) is 19.8. The van der Waals surface area contributed by atoms with Gasteiger partial charge < -0.3 is 15.3 Å². The molecule has 0 spiro atoms. The highest BCUT2D eigenvalue weighted by Gasteiger charge is 2.48. The van der Waals surface area contributed by atoms with Crippen molar-refractivity contribution >= 4 is 17.8 Å². The van der Waals surface area contributed by atoms with Crippen LogP contribution in [-0.4, -0.2) is 46.9 Å². The second-order valence-corrected chi connectivity index (χ2v) is 6.14. The summed E-state index contributed by atoms with van der Waals surface area (Å²) < 4.78 is 27.2. The van der Waals surface area contributed by atoms with E-state index in [2.05, 4.69) is 5.32 Å². The predicted octanol–water partition coefficient (Wildman–Crippen LogP) is 1.51. The van der Waals surface area contributed by atoms with Crippen LogP contribution in [0.25, 0.3) is 0 Å². The van der Waals surface area contributed by atoms with E-state index in [4.69, 9.17) is 0 Å². The molecule has 3 unspecified atom stereocenters. The Bertz CT molecular complexity index is 695. The first kappa shape index (κ1) is 18.8. The number of carbonyl (C=O) groups is 3. The number of hydrogen-bond acceptors (Lipinski definition) is 3. The van der Waals surface area contributed by atoms with Gasteiger partial charge in [-0.2, -0.15) is 0 Å². The molecule has 1 aliphatic rings. The zero-order valence-corrected chi connectivity index (χ0v) is 14.0. The van der Waals surface area contributed by atoms with Crippen LogP contribution in [0.15, 0.2) is 18.2 Å². The molecule has 6 nitrogen and oxygen atoms in total. The molecule has 0 aromatic heterocycles. The largest absolute Gasteiger partial charge is 0.480 e. The molecular weight excluding hydrogens is 334 g/mol. The van der Waals surface area contributed by atoms with Gasteiger partial charge >= 0.3 is 5.97 Å². The summed E-state index contributed by atoms with van der Waals surface area (Å²) in [5, 5.41) is 11.7. The lowest BCUT2D eigenvalue weighted by molar-refractivity contribution is -0.150. The Balaban J connectivity index is 2.10. The number of nitrogens with zero attached hydrogens (tertiary/aromatic N) is 1. The minimum absolute atomic E-state index is 0.0285. The van der Waals surface area contributed by atoms with E-state index in [1.165, 1.54) is 13.8 Å². The molecule has 1 aromatic carbocycles. The van der Waals surface area contributed by atoms with Gasteiger partial charge in [-0.3, -0.25) is 9.59 Å². The number of amides is 2. The Labute approximate surface area is 143 Å². The van der Waals surface area contributed by atoms with E-state index in [0.717, 1.165) is 23.1 Å². The van der Waals surface area contributed by atoms with Crippen LogP contribution in [0, 0.1) is 17.6 Å². The van der Waals surface area contributed by atoms with Gasteiger partial charge in [-0.15, -0.1) is 0 Å². The van der Waals surface area contributed by atoms with Crippen molar-refractivity contribution in [3.63, 3.8) is 0 Å². The number of carboxylic acids is 1. The number of hydrogen-bond donors (Lipinski definition) is 2. The summed E-state index contributed by atoms with van der Waals surface area (Å²) in [5.74, 6) is -4.13. The molecule has 2 amide bonds. The average Bonchev–Trinajstić information content (AvgIpc) is 3.32. The van der Waals surface area contributed by atoms with Gasteiger partial charge in [0.15, 0.2) is 0 Å². The number of halogens is 2. The van der Waals surface area contributed by atoms with E-state index >= 15 is 0 Å². The number of nitrogens with one attached hydrogen (secondary N) is 1. The van der Waals surface area contributed by atoms with Crippen LogP contribution >= 0.6 is 0 Å². The number of aliphatic carboxylic acids is 1. The SMILES string of the molecule is CC(=O)NCCN(C(=O)C1CC1c1cc(F)ccc1F)C(C)C(=O)O. The maximum absolute atomic E-state index is 13.8. The fourth-order valence-electron chi connectivity index (χ4n) is 2.80. The quantitative estimate of drug-likeness (QED) is 0.777. The molecule has 0 saturated heterocycles. The maximum Gasteiger partial charge on any atom is 0.326 e. The summed E-state index contributed by atoms with van der Waals surface area (Å²) in [6.45, 7) is 2.83. The molecule has 1 fully saturated rings. The smallest absolute Gasteiger partial charge is 0.326 e. The van der Waals surface area contributed by atoms with Crippen LogP contribution in [0.5, 0.6) is 0 Å². The lowest BCUT2D eigenvalue weighted by Gasteiger charge is -2.27. The minimum Gasteiger partial charge on any atom is -0.480 e. The molecule has 3 atom stereocenters. The van der Waals surface area contributed by atoms with Crippen molar-refractivity contribution in [1.82, 2.24) is 10.2 Å². The molecule has 1 aromatic rings. The highest BCUT2D eigenvalue weighted by molar-refractivity contribution is 5.87. The highest BCUT2D eigenvalue weighted by Crippen LogP contribution is 2.49. The third-order valence-electron chi connectivity index (χ3n) is 4.30. The van der Waals surface area contributed by atoms with Gasteiger partial charge in [0, 0.05) is 25.9 Å². The van der Waals surface area contributed by atoms with Crippen LogP contribution in [0.2, 0.25) is 0 Å². The Morgan fingerprint density at radius 3 is 2.64 bits per heavy atom. The van der Waals surface area contributed by atoms with Crippen molar-refractivity contribution in [2.24, 2.45) is 5.92 Å². The van der Waals surface area contributed by atoms with E-state index in [1.54, 1.807) is 0 Å². The fourth-order valence-corrected chi connectivity index (χ4v) is 2.80. The third kappa shape index (κ3) is 4.52. The van der Waals surface area contributed by atoms with E-state index < -0.39 is 41.4 Å². The van der Waals surface area contributed by atoms with Crippen molar-refractivity contribution < 1.29 is 28.3 Å². The lowest BCUT2D eigenvalue weighted by atomic mass is 10.1. The second-order valence-electron chi connectivity index (χ2n) is 6.14. The van der Waals surface area contributed by atoms with Crippen LogP contribution in [-0.2, 0) is 14.4 Å². The standard InChI is InChI=1S/C17H20F2N2O4/c1-9(17(24)25)21(6-5-20-10(2)22)16(23)14-8-12(14)13-7-11(18)3-4-15(13)19/h3-4,7,9,12,14H,5-6,8H2,1-2H3,(H,20,22)(H,24,25). The molecule has 0 heterocycles. The van der Waals surface area contributed by atoms with Crippen molar-refractivity contribution in [2.45, 2.75) is 32.2 Å². The summed E-state index contributed by atoms with van der Waals surface area (Å²) in [6, 6.07) is 2.00. The third-order valence-corrected chi connectivity index (χ3v) is 4.30. The second kappa shape index (κ2) is 7.58. The number of carbonyl (C=O) groups excluding carboxylic acids is 2. The van der Waals surface area contributed by atoms with Gasteiger partial charge in [0.25, 0.3) is 0 Å². The zero-order chi connectivity index (χ0) is 18.7. The summed E-state index contributed by atoms with van der Waals surface area (Å²) in [7, 11) is 0. The van der Waals surface area contributed by atoms with E-state index in [-0.39, 0.29) is 24.6 Å². The van der Waals surface area contributed by atoms with Crippen LogP contribution in [0.4, 0.5) is 8.78 Å². The summed E-state index contributed by atoms with van der Waals surface area (Å²) in [6.07, 6.45) is 0.335. The van der Waals surface area contributed by atoms with Gasteiger partial charge in [-0.05, 0) is 43.0 Å². The van der Waals surface area contributed by atoms with E-state index in [0.29, 0.717) is 6.42 Å². The minimum atomic E-state index is -1.18. The lowest BCUT2D eigenvalue weighted by Crippen LogP contribution is -2.47. The van der Waals surface area contributed by atoms with Crippen LogP contribution < -0.4 is 5.32 Å². The van der Waals surface area contributed by atoms with Crippen LogP contribution in [0.1, 0.15) is 31.7 Å². The Morgan fingerprint density at radius 2 is 2.04 bits per heavy atom. The van der Waals surface area contributed by atoms with Crippen molar-refractivity contribution in [3.05, 3.63) is 35.4 Å². The Hall–Kier alpha value is -2.51. The first-order valence-corrected chi connectivity index (χ1v) is 7.95. The van der Waals surface area contributed by atoms with Crippen molar-refractivity contribution in [1.29, 1.82) is 0 Å². The zero-order valence-electron chi connectivity index (χ0n) is 14.0. The van der Waals surface area contributed by atoms with Crippen molar-refractivity contribution in [3.8, 4) is 0 Å². The van der Waals surface area contributed by atoms with Gasteiger partial charge in [-0.25, -0.2) is 13.6 Å². The molecule has 25 heavy (non-hydrogen) atoms. The van der Waals surface area contributed by atoms with Gasteiger partial charge in [0.05, 0.1) is 0 Å². The molecule has 1 aliphatic carbocycles. The number of rotatable bonds is 7. The Morgan fingerprint density at radius 1 is 1.36 bits per heavy atom. The molecule has 136 valence electrons. The first-order chi connectivity index (χ1) is 11.7. The van der Waals surface area contributed by atoms with Gasteiger partial charge in [0.1, 0.15) is 17.7 Å². The molecule has 1 saturated carbocycles. The first-order valence-electron chi connectivity index (χ1n) is 7.95. The molecule has 2 rings (SSSR count). The van der Waals surface area contributed by atoms with Gasteiger partial charge in [0.2, 0.25) is 11.8 Å². The summed E-state index contributed by atoms with van der Waals surface area (Å²) >= 11 is 0. The molecular formula is C17H20F2N2O4. The van der Waals surface area contributed by atoms with E-state index in [9.17, 15) is 28.3 Å². The molecule has 0 radical (unpaired) electrons. The van der Waals surface area contributed by atoms with Crippen molar-refractivity contribution in [2.75, 3.05) is 13.1 Å². The number of benzene rings is 1. The Kier molecular flexibility index (Phi) is 5.71. The predicted molar refractivity (Wildman–Crippen MR) is 84.7 cm³/mol. The molecule has 2 N–H and O–H groups in total. The van der Waals surface area contributed by atoms with Crippen LogP contribution in [0.3, 0.4) is 0 Å². The number of carboxylic acid groups (broad SMARTS) is 1. The fraction of sp³-hybridized carbons (Fsp3) is 0.471. The molecule has 0 bridgehead atoms. The monoisotopic (exact) mass is 354 g/mol. The molecule has 0 aliphatic heterocycles. The molecule has 8 heteroatoms.